The minimum atomic E-state index is -0.953. The van der Waals surface area contributed by atoms with Crippen LogP contribution in [0.3, 0.4) is 0 Å². The van der Waals surface area contributed by atoms with Crippen molar-refractivity contribution in [2.75, 3.05) is 14.2 Å². The van der Waals surface area contributed by atoms with Gasteiger partial charge in [0.2, 0.25) is 0 Å². The number of nitrogens with one attached hydrogen (secondary N) is 1. The second-order valence-electron chi connectivity index (χ2n) is 9.94. The Bertz CT molecular complexity index is 984. The topological polar surface area (TPSA) is 94.1 Å². The number of hydrogen-bond acceptors (Lipinski definition) is 6. The number of aromatic hydroxyl groups is 1. The zero-order chi connectivity index (χ0) is 25.0. The van der Waals surface area contributed by atoms with Gasteiger partial charge in [0.05, 0.1) is 14.2 Å². The van der Waals surface area contributed by atoms with Gasteiger partial charge in [-0.3, -0.25) is 0 Å². The van der Waals surface area contributed by atoms with Gasteiger partial charge in [0.15, 0.2) is 0 Å². The Balaban J connectivity index is 2.49. The molecule has 2 rings (SSSR count). The Morgan fingerprint density at radius 1 is 1.00 bits per heavy atom. The highest BCUT2D eigenvalue weighted by Crippen LogP contribution is 2.40. The van der Waals surface area contributed by atoms with Crippen LogP contribution in [0, 0.1) is 0 Å². The molecule has 7 heteroatoms. The quantitative estimate of drug-likeness (QED) is 0.595. The molecule has 0 aromatic heterocycles. The van der Waals surface area contributed by atoms with E-state index in [0.29, 0.717) is 11.3 Å². The largest absolute Gasteiger partial charge is 0.507 e. The van der Waals surface area contributed by atoms with Crippen molar-refractivity contribution in [2.24, 2.45) is 0 Å². The maximum absolute atomic E-state index is 12.4. The second-order valence-corrected chi connectivity index (χ2v) is 9.94. The Morgan fingerprint density at radius 3 is 2.09 bits per heavy atom. The van der Waals surface area contributed by atoms with Crippen molar-refractivity contribution >= 4 is 12.1 Å². The zero-order valence-electron chi connectivity index (χ0n) is 20.7. The molecule has 0 saturated heterocycles. The first-order valence-corrected chi connectivity index (χ1v) is 10.8. The predicted octanol–water partition coefficient (Wildman–Crippen LogP) is 4.97. The van der Waals surface area contributed by atoms with Crippen LogP contribution < -0.4 is 10.1 Å². The van der Waals surface area contributed by atoms with Crippen molar-refractivity contribution < 1.29 is 28.9 Å². The molecule has 2 N–H and O–H groups in total. The second kappa shape index (κ2) is 10.1. The number of hydrogen-bond donors (Lipinski definition) is 2. The van der Waals surface area contributed by atoms with Gasteiger partial charge in [-0.05, 0) is 55.5 Å². The molecule has 7 nitrogen and oxygen atoms in total. The van der Waals surface area contributed by atoms with Crippen molar-refractivity contribution in [1.82, 2.24) is 5.32 Å². The van der Waals surface area contributed by atoms with E-state index in [1.807, 2.05) is 57.2 Å². The number of phenolic OH excluding ortho intramolecular Hbond substituents is 1. The highest BCUT2D eigenvalue weighted by atomic mass is 16.6. The van der Waals surface area contributed by atoms with Crippen LogP contribution in [-0.4, -0.2) is 43.0 Å². The summed E-state index contributed by atoms with van der Waals surface area (Å²) in [6.07, 6.45) is -0.540. The van der Waals surface area contributed by atoms with Crippen molar-refractivity contribution in [2.45, 2.75) is 65.0 Å². The molecule has 0 fully saturated rings. The van der Waals surface area contributed by atoms with E-state index in [2.05, 4.69) is 5.32 Å². The zero-order valence-corrected chi connectivity index (χ0v) is 20.7. The Labute approximate surface area is 196 Å². The van der Waals surface area contributed by atoms with Crippen LogP contribution in [0.25, 0.3) is 11.1 Å². The summed E-state index contributed by atoms with van der Waals surface area (Å²) in [5.41, 5.74) is 1.85. The van der Waals surface area contributed by atoms with E-state index in [0.717, 1.165) is 16.7 Å². The van der Waals surface area contributed by atoms with Crippen molar-refractivity contribution in [3.05, 3.63) is 47.5 Å². The number of carbonyl (C=O) groups excluding carboxylic acids is 2. The van der Waals surface area contributed by atoms with Gasteiger partial charge in [0.25, 0.3) is 0 Å². The number of phenols is 1. The minimum absolute atomic E-state index is 0.165. The Morgan fingerprint density at radius 2 is 1.61 bits per heavy atom. The molecule has 1 unspecified atom stereocenters. The Kier molecular flexibility index (Phi) is 8.01. The number of rotatable bonds is 6. The van der Waals surface area contributed by atoms with Crippen molar-refractivity contribution in [3.8, 4) is 22.6 Å². The van der Waals surface area contributed by atoms with E-state index in [4.69, 9.17) is 14.2 Å². The fourth-order valence-electron chi connectivity index (χ4n) is 3.40. The van der Waals surface area contributed by atoms with Gasteiger partial charge in [0.1, 0.15) is 23.1 Å². The first-order chi connectivity index (χ1) is 15.2. The highest BCUT2D eigenvalue weighted by Gasteiger charge is 2.28. The predicted molar refractivity (Wildman–Crippen MR) is 128 cm³/mol. The summed E-state index contributed by atoms with van der Waals surface area (Å²) in [5, 5.41) is 13.7. The third-order valence-electron chi connectivity index (χ3n) is 5.00. The fraction of sp³-hybridized carbons (Fsp3) is 0.462. The normalized spacial score (nSPS) is 12.6. The summed E-state index contributed by atoms with van der Waals surface area (Å²) in [6, 6.07) is 10.1. The molecule has 0 radical (unpaired) electrons. The monoisotopic (exact) mass is 457 g/mol. The summed E-state index contributed by atoms with van der Waals surface area (Å²) in [4.78, 5) is 24.8. The number of carbonyl (C=O) groups is 2. The molecular formula is C26H35NO6. The number of methoxy groups -OCH3 is 2. The van der Waals surface area contributed by atoms with Crippen LogP contribution in [0.5, 0.6) is 11.5 Å². The van der Waals surface area contributed by atoms with Gasteiger partial charge in [-0.1, -0.05) is 39.0 Å². The lowest BCUT2D eigenvalue weighted by Gasteiger charge is -2.25. The van der Waals surface area contributed by atoms with Crippen LogP contribution >= 0.6 is 0 Å². The summed E-state index contributed by atoms with van der Waals surface area (Å²) in [7, 11) is 2.86. The molecule has 0 bridgehead atoms. The Hall–Kier alpha value is -3.22. The first-order valence-electron chi connectivity index (χ1n) is 10.8. The highest BCUT2D eigenvalue weighted by molar-refractivity contribution is 5.82. The molecule has 0 heterocycles. The maximum atomic E-state index is 12.4. The van der Waals surface area contributed by atoms with Crippen LogP contribution in [-0.2, 0) is 26.1 Å². The summed E-state index contributed by atoms with van der Waals surface area (Å²) in [6.45, 7) is 11.2. The summed E-state index contributed by atoms with van der Waals surface area (Å²) in [5.74, 6) is 0.293. The van der Waals surface area contributed by atoms with E-state index >= 15 is 0 Å². The van der Waals surface area contributed by atoms with Gasteiger partial charge >= 0.3 is 12.1 Å². The number of alkyl carbamates (subject to hydrolysis) is 1. The average Bonchev–Trinajstić information content (AvgIpc) is 2.71. The molecule has 1 atom stereocenters. The van der Waals surface area contributed by atoms with Crippen LogP contribution in [0.1, 0.15) is 52.7 Å². The molecule has 33 heavy (non-hydrogen) atoms. The third-order valence-corrected chi connectivity index (χ3v) is 5.00. The molecule has 2 aromatic rings. The SMILES string of the molecule is COC(=O)C(Cc1cc(-c2ccc(OC)cc2)c(O)c(C(C)(C)C)c1)NC(=O)OC(C)(C)C. The van der Waals surface area contributed by atoms with Crippen LogP contribution in [0.4, 0.5) is 4.79 Å². The molecule has 0 aliphatic heterocycles. The van der Waals surface area contributed by atoms with Crippen LogP contribution in [0.2, 0.25) is 0 Å². The van der Waals surface area contributed by atoms with E-state index in [1.54, 1.807) is 27.9 Å². The standard InChI is InChI=1S/C26H35NO6/c1-25(2,3)20-14-16(13-19(22(20)28)17-9-11-18(31-7)12-10-17)15-21(23(29)32-8)27-24(30)33-26(4,5)6/h9-14,21,28H,15H2,1-8H3,(H,27,30). The lowest BCUT2D eigenvalue weighted by molar-refractivity contribution is -0.143. The lowest BCUT2D eigenvalue weighted by atomic mass is 9.82. The maximum Gasteiger partial charge on any atom is 0.408 e. The van der Waals surface area contributed by atoms with E-state index in [9.17, 15) is 14.7 Å². The van der Waals surface area contributed by atoms with Gasteiger partial charge in [-0.2, -0.15) is 0 Å². The molecule has 0 aliphatic rings. The molecular weight excluding hydrogens is 422 g/mol. The number of benzene rings is 2. The number of amides is 1. The van der Waals surface area contributed by atoms with Crippen molar-refractivity contribution in [3.63, 3.8) is 0 Å². The molecule has 180 valence electrons. The van der Waals surface area contributed by atoms with Gasteiger partial charge in [-0.25, -0.2) is 9.59 Å². The van der Waals surface area contributed by atoms with Gasteiger partial charge in [0, 0.05) is 17.5 Å². The van der Waals surface area contributed by atoms with Crippen LogP contribution in [0.15, 0.2) is 36.4 Å². The average molecular weight is 458 g/mol. The fourth-order valence-corrected chi connectivity index (χ4v) is 3.40. The van der Waals surface area contributed by atoms with E-state index in [1.165, 1.54) is 7.11 Å². The number of ether oxygens (including phenoxy) is 3. The molecule has 2 aromatic carbocycles. The minimum Gasteiger partial charge on any atom is -0.507 e. The summed E-state index contributed by atoms with van der Waals surface area (Å²) < 4.78 is 15.4. The van der Waals surface area contributed by atoms with E-state index < -0.39 is 23.7 Å². The van der Waals surface area contributed by atoms with Gasteiger partial charge < -0.3 is 24.6 Å². The van der Waals surface area contributed by atoms with Gasteiger partial charge in [-0.15, -0.1) is 0 Å². The van der Waals surface area contributed by atoms with E-state index in [-0.39, 0.29) is 17.6 Å². The molecule has 0 aliphatic carbocycles. The smallest absolute Gasteiger partial charge is 0.408 e. The first kappa shape index (κ1) is 26.0. The van der Waals surface area contributed by atoms with Crippen molar-refractivity contribution in [1.29, 1.82) is 0 Å². The summed E-state index contributed by atoms with van der Waals surface area (Å²) >= 11 is 0. The molecule has 1 amide bonds. The lowest BCUT2D eigenvalue weighted by Crippen LogP contribution is -2.45. The molecule has 0 spiro atoms. The molecule has 0 saturated carbocycles. The third kappa shape index (κ3) is 7.14. The number of esters is 1.